The van der Waals surface area contributed by atoms with Gasteiger partial charge in [-0.25, -0.2) is 0 Å². The summed E-state index contributed by atoms with van der Waals surface area (Å²) in [4.78, 5) is 14.3. The maximum atomic E-state index is 12.3. The van der Waals surface area contributed by atoms with Crippen molar-refractivity contribution in [1.29, 1.82) is 0 Å². The molecule has 1 aliphatic heterocycles. The zero-order valence-corrected chi connectivity index (χ0v) is 12.1. The molecule has 1 fully saturated rings. The topological polar surface area (TPSA) is 20.3 Å². The van der Waals surface area contributed by atoms with E-state index in [4.69, 9.17) is 0 Å². The van der Waals surface area contributed by atoms with E-state index in [1.807, 2.05) is 23.1 Å². The Kier molecular flexibility index (Phi) is 4.41. The standard InChI is InChI=1S/C17H23NO/c1-13-7-9-16(10-8-13)11-12-17(19)18-14(2)5-4-6-15(18)3/h7-12,14-15H,4-6H2,1-3H3. The molecule has 2 rings (SSSR count). The Hall–Kier alpha value is -1.57. The molecule has 1 amide bonds. The number of rotatable bonds is 2. The number of hydrogen-bond donors (Lipinski definition) is 0. The molecule has 1 aromatic rings. The van der Waals surface area contributed by atoms with Gasteiger partial charge in [-0.05, 0) is 51.7 Å². The largest absolute Gasteiger partial charge is 0.334 e. The number of carbonyl (C=O) groups is 1. The lowest BCUT2D eigenvalue weighted by molar-refractivity contribution is -0.131. The molecule has 1 heterocycles. The molecule has 19 heavy (non-hydrogen) atoms. The predicted molar refractivity (Wildman–Crippen MR) is 79.8 cm³/mol. The molecular formula is C17H23NO. The van der Waals surface area contributed by atoms with Crippen LogP contribution in [0.3, 0.4) is 0 Å². The van der Waals surface area contributed by atoms with Gasteiger partial charge in [0.2, 0.25) is 5.91 Å². The van der Waals surface area contributed by atoms with Crippen molar-refractivity contribution in [3.05, 3.63) is 41.5 Å². The molecule has 2 unspecified atom stereocenters. The van der Waals surface area contributed by atoms with Gasteiger partial charge < -0.3 is 4.90 Å². The molecule has 2 heteroatoms. The molecule has 0 radical (unpaired) electrons. The number of benzene rings is 1. The quantitative estimate of drug-likeness (QED) is 0.738. The van der Waals surface area contributed by atoms with Crippen LogP contribution in [0, 0.1) is 6.92 Å². The summed E-state index contributed by atoms with van der Waals surface area (Å²) in [6.45, 7) is 6.36. The van der Waals surface area contributed by atoms with Gasteiger partial charge in [-0.15, -0.1) is 0 Å². The Labute approximate surface area is 116 Å². The number of amides is 1. The highest BCUT2D eigenvalue weighted by Gasteiger charge is 2.27. The lowest BCUT2D eigenvalue weighted by Gasteiger charge is -2.38. The summed E-state index contributed by atoms with van der Waals surface area (Å²) in [5.41, 5.74) is 2.32. The van der Waals surface area contributed by atoms with Crippen LogP contribution in [0.1, 0.15) is 44.2 Å². The van der Waals surface area contributed by atoms with Crippen molar-refractivity contribution < 1.29 is 4.79 Å². The van der Waals surface area contributed by atoms with Gasteiger partial charge in [0.25, 0.3) is 0 Å². The maximum Gasteiger partial charge on any atom is 0.247 e. The van der Waals surface area contributed by atoms with Crippen LogP contribution in [0.4, 0.5) is 0 Å². The van der Waals surface area contributed by atoms with Crippen molar-refractivity contribution in [1.82, 2.24) is 4.90 Å². The van der Waals surface area contributed by atoms with E-state index in [1.54, 1.807) is 6.08 Å². The fourth-order valence-electron chi connectivity index (χ4n) is 2.79. The lowest BCUT2D eigenvalue weighted by atomic mass is 9.97. The highest BCUT2D eigenvalue weighted by atomic mass is 16.2. The van der Waals surface area contributed by atoms with Gasteiger partial charge in [0.1, 0.15) is 0 Å². The van der Waals surface area contributed by atoms with Crippen molar-refractivity contribution in [2.75, 3.05) is 0 Å². The molecular weight excluding hydrogens is 234 g/mol. The van der Waals surface area contributed by atoms with Crippen molar-refractivity contribution >= 4 is 12.0 Å². The predicted octanol–water partition coefficient (Wildman–Crippen LogP) is 3.80. The van der Waals surface area contributed by atoms with E-state index >= 15 is 0 Å². The summed E-state index contributed by atoms with van der Waals surface area (Å²) < 4.78 is 0. The average molecular weight is 257 g/mol. The molecule has 1 aliphatic rings. The molecule has 2 nitrogen and oxygen atoms in total. The Morgan fingerprint density at radius 1 is 1.16 bits per heavy atom. The lowest BCUT2D eigenvalue weighted by Crippen LogP contribution is -2.46. The minimum absolute atomic E-state index is 0.139. The first-order chi connectivity index (χ1) is 9.08. The third-order valence-corrected chi connectivity index (χ3v) is 3.94. The van der Waals surface area contributed by atoms with Crippen LogP contribution in [0.2, 0.25) is 0 Å². The van der Waals surface area contributed by atoms with Gasteiger partial charge in [-0.1, -0.05) is 29.8 Å². The van der Waals surface area contributed by atoms with E-state index in [0.717, 1.165) is 18.4 Å². The van der Waals surface area contributed by atoms with Crippen LogP contribution in [0.5, 0.6) is 0 Å². The Bertz CT molecular complexity index is 451. The van der Waals surface area contributed by atoms with Crippen LogP contribution >= 0.6 is 0 Å². The molecule has 0 spiro atoms. The van der Waals surface area contributed by atoms with E-state index in [9.17, 15) is 4.79 Å². The summed E-state index contributed by atoms with van der Waals surface area (Å²) in [6.07, 6.45) is 7.09. The Balaban J connectivity index is 2.05. The number of aryl methyl sites for hydroxylation is 1. The zero-order valence-electron chi connectivity index (χ0n) is 12.1. The van der Waals surface area contributed by atoms with Crippen molar-refractivity contribution in [2.24, 2.45) is 0 Å². The van der Waals surface area contributed by atoms with Crippen LogP contribution in [-0.2, 0) is 4.79 Å². The maximum absolute atomic E-state index is 12.3. The minimum atomic E-state index is 0.139. The first-order valence-corrected chi connectivity index (χ1v) is 7.15. The molecule has 0 saturated carbocycles. The van der Waals surface area contributed by atoms with Crippen molar-refractivity contribution in [3.63, 3.8) is 0 Å². The van der Waals surface area contributed by atoms with Crippen molar-refractivity contribution in [2.45, 2.75) is 52.1 Å². The summed E-state index contributed by atoms with van der Waals surface area (Å²) in [7, 11) is 0. The number of piperidine rings is 1. The highest BCUT2D eigenvalue weighted by Crippen LogP contribution is 2.22. The second-order valence-corrected chi connectivity index (χ2v) is 5.62. The molecule has 0 aliphatic carbocycles. The van der Waals surface area contributed by atoms with E-state index < -0.39 is 0 Å². The Morgan fingerprint density at radius 3 is 2.32 bits per heavy atom. The number of hydrogen-bond acceptors (Lipinski definition) is 1. The Morgan fingerprint density at radius 2 is 1.74 bits per heavy atom. The summed E-state index contributed by atoms with van der Waals surface area (Å²) in [5, 5.41) is 0. The van der Waals surface area contributed by atoms with E-state index in [1.165, 1.54) is 12.0 Å². The smallest absolute Gasteiger partial charge is 0.247 e. The summed E-state index contributed by atoms with van der Waals surface area (Å²) >= 11 is 0. The number of nitrogens with zero attached hydrogens (tertiary/aromatic N) is 1. The normalized spacial score (nSPS) is 23.8. The van der Waals surface area contributed by atoms with Crippen LogP contribution in [0.25, 0.3) is 6.08 Å². The fraction of sp³-hybridized carbons (Fsp3) is 0.471. The van der Waals surface area contributed by atoms with Gasteiger partial charge in [0.05, 0.1) is 0 Å². The molecule has 102 valence electrons. The van der Waals surface area contributed by atoms with E-state index in [0.29, 0.717) is 12.1 Å². The highest BCUT2D eigenvalue weighted by molar-refractivity contribution is 5.92. The summed E-state index contributed by atoms with van der Waals surface area (Å²) in [5.74, 6) is 0.139. The van der Waals surface area contributed by atoms with Crippen LogP contribution < -0.4 is 0 Å². The third kappa shape index (κ3) is 3.46. The van der Waals surface area contributed by atoms with E-state index in [-0.39, 0.29) is 5.91 Å². The number of carbonyl (C=O) groups excluding carboxylic acids is 1. The molecule has 0 aromatic heterocycles. The summed E-state index contributed by atoms with van der Waals surface area (Å²) in [6, 6.07) is 8.94. The van der Waals surface area contributed by atoms with Gasteiger partial charge >= 0.3 is 0 Å². The zero-order chi connectivity index (χ0) is 13.8. The SMILES string of the molecule is Cc1ccc(C=CC(=O)N2C(C)CCCC2C)cc1. The second-order valence-electron chi connectivity index (χ2n) is 5.62. The first-order valence-electron chi connectivity index (χ1n) is 7.15. The molecule has 1 aromatic carbocycles. The minimum Gasteiger partial charge on any atom is -0.334 e. The van der Waals surface area contributed by atoms with Gasteiger partial charge in [-0.3, -0.25) is 4.79 Å². The van der Waals surface area contributed by atoms with Gasteiger partial charge in [0, 0.05) is 18.2 Å². The van der Waals surface area contributed by atoms with Gasteiger partial charge in [0.15, 0.2) is 0 Å². The average Bonchev–Trinajstić information content (AvgIpc) is 2.38. The van der Waals surface area contributed by atoms with Crippen molar-refractivity contribution in [3.8, 4) is 0 Å². The third-order valence-electron chi connectivity index (χ3n) is 3.94. The second kappa shape index (κ2) is 6.05. The van der Waals surface area contributed by atoms with Crippen LogP contribution in [0.15, 0.2) is 30.3 Å². The number of likely N-dealkylation sites (tertiary alicyclic amines) is 1. The molecule has 0 bridgehead atoms. The van der Waals surface area contributed by atoms with Crippen LogP contribution in [-0.4, -0.2) is 22.9 Å². The fourth-order valence-corrected chi connectivity index (χ4v) is 2.79. The first kappa shape index (κ1) is 13.9. The van der Waals surface area contributed by atoms with Gasteiger partial charge in [-0.2, -0.15) is 0 Å². The monoisotopic (exact) mass is 257 g/mol. The van der Waals surface area contributed by atoms with E-state index in [2.05, 4.69) is 32.9 Å². The molecule has 2 atom stereocenters. The molecule has 0 N–H and O–H groups in total. The molecule has 1 saturated heterocycles.